The Morgan fingerprint density at radius 2 is 1.22 bits per heavy atom. The highest BCUT2D eigenvalue weighted by molar-refractivity contribution is 6.49. The maximum atomic E-state index is 12.4. The van der Waals surface area contributed by atoms with E-state index in [4.69, 9.17) is 23.2 Å². The van der Waals surface area contributed by atoms with Crippen LogP contribution in [0.5, 0.6) is 0 Å². The predicted molar refractivity (Wildman–Crippen MR) is 78.8 cm³/mol. The van der Waals surface area contributed by atoms with Crippen LogP contribution in [0, 0.1) is 10.8 Å². The SMILES string of the molecule is C=C1C(Cl)=C(C(C)(C)C)C(=O)C(Cl)=C1C(C)(C)C. The van der Waals surface area contributed by atoms with Crippen molar-refractivity contribution in [3.05, 3.63) is 33.4 Å². The molecule has 0 aromatic carbocycles. The predicted octanol–water partition coefficient (Wildman–Crippen LogP) is 5.20. The number of ketones is 1. The van der Waals surface area contributed by atoms with Gasteiger partial charge < -0.3 is 0 Å². The first kappa shape index (κ1) is 15.5. The van der Waals surface area contributed by atoms with E-state index in [1.165, 1.54) is 0 Å². The highest BCUT2D eigenvalue weighted by Gasteiger charge is 2.38. The minimum atomic E-state index is -0.347. The first-order chi connectivity index (χ1) is 7.89. The fourth-order valence-electron chi connectivity index (χ4n) is 2.17. The van der Waals surface area contributed by atoms with Gasteiger partial charge in [-0.15, -0.1) is 0 Å². The Morgan fingerprint density at radius 1 is 0.833 bits per heavy atom. The molecule has 1 aliphatic rings. The minimum absolute atomic E-state index is 0.175. The van der Waals surface area contributed by atoms with Crippen molar-refractivity contribution >= 4 is 29.0 Å². The van der Waals surface area contributed by atoms with Gasteiger partial charge in [0.15, 0.2) is 0 Å². The van der Waals surface area contributed by atoms with E-state index >= 15 is 0 Å². The molecule has 0 atom stereocenters. The molecule has 0 bridgehead atoms. The lowest BCUT2D eigenvalue weighted by molar-refractivity contribution is -0.112. The molecule has 1 aliphatic carbocycles. The molecule has 1 rings (SSSR count). The topological polar surface area (TPSA) is 17.1 Å². The third-order valence-electron chi connectivity index (χ3n) is 2.93. The highest BCUT2D eigenvalue weighted by atomic mass is 35.5. The van der Waals surface area contributed by atoms with E-state index < -0.39 is 0 Å². The van der Waals surface area contributed by atoms with Gasteiger partial charge in [-0.1, -0.05) is 71.3 Å². The van der Waals surface area contributed by atoms with Crippen LogP contribution in [0.3, 0.4) is 0 Å². The Bertz CT molecular complexity index is 434. The molecule has 0 unspecified atom stereocenters. The molecule has 18 heavy (non-hydrogen) atoms. The number of rotatable bonds is 0. The number of halogens is 2. The molecule has 0 aromatic rings. The van der Waals surface area contributed by atoms with Crippen LogP contribution in [-0.4, -0.2) is 5.78 Å². The molecule has 0 spiro atoms. The standard InChI is InChI=1S/C15H20Cl2O/c1-8-9(14(2,3)4)12(17)13(18)10(11(8)16)15(5,6)7/h1H2,2-7H3. The number of Topliss-reactive ketones (excluding diaryl/α,β-unsaturated/α-hetero) is 1. The Kier molecular flexibility index (Phi) is 3.92. The second kappa shape index (κ2) is 4.54. The third kappa shape index (κ3) is 2.57. The smallest absolute Gasteiger partial charge is 0.202 e. The summed E-state index contributed by atoms with van der Waals surface area (Å²) in [5.74, 6) is -0.175. The van der Waals surface area contributed by atoms with Crippen molar-refractivity contribution in [1.29, 1.82) is 0 Å². The van der Waals surface area contributed by atoms with Crippen molar-refractivity contribution in [1.82, 2.24) is 0 Å². The van der Waals surface area contributed by atoms with E-state index in [1.54, 1.807) is 0 Å². The molecule has 100 valence electrons. The maximum Gasteiger partial charge on any atom is 0.202 e. The third-order valence-corrected chi connectivity index (χ3v) is 3.71. The fraction of sp³-hybridized carbons (Fsp3) is 0.533. The molecule has 1 nitrogen and oxygen atoms in total. The van der Waals surface area contributed by atoms with Gasteiger partial charge in [-0.3, -0.25) is 4.79 Å². The molecule has 3 heteroatoms. The highest BCUT2D eigenvalue weighted by Crippen LogP contribution is 2.47. The zero-order valence-corrected chi connectivity index (χ0v) is 13.4. The zero-order valence-electron chi connectivity index (χ0n) is 11.9. The lowest BCUT2D eigenvalue weighted by Gasteiger charge is -2.33. The Balaban J connectivity index is 3.52. The van der Waals surface area contributed by atoms with Crippen LogP contribution < -0.4 is 0 Å². The summed E-state index contributed by atoms with van der Waals surface area (Å²) in [5.41, 5.74) is 1.35. The zero-order chi connectivity index (χ0) is 14.5. The second-order valence-corrected chi connectivity index (χ2v) is 7.44. The Hall–Kier alpha value is -0.530. The Morgan fingerprint density at radius 3 is 1.56 bits per heavy atom. The summed E-state index contributed by atoms with van der Waals surface area (Å²) >= 11 is 12.6. The molecule has 0 radical (unpaired) electrons. The molecule has 0 saturated carbocycles. The lowest BCUT2D eigenvalue weighted by Crippen LogP contribution is -2.27. The molecule has 0 amide bonds. The van der Waals surface area contributed by atoms with Gasteiger partial charge in [-0.25, -0.2) is 0 Å². The summed E-state index contributed by atoms with van der Waals surface area (Å²) in [5, 5.41) is 0.698. The summed E-state index contributed by atoms with van der Waals surface area (Å²) in [6, 6.07) is 0. The number of carbonyl (C=O) groups excluding carboxylic acids is 1. The van der Waals surface area contributed by atoms with E-state index in [0.29, 0.717) is 16.2 Å². The van der Waals surface area contributed by atoms with Gasteiger partial charge in [0.25, 0.3) is 0 Å². The van der Waals surface area contributed by atoms with E-state index in [2.05, 4.69) is 6.58 Å². The van der Waals surface area contributed by atoms with Gasteiger partial charge in [-0.05, 0) is 22.0 Å². The summed E-state index contributed by atoms with van der Waals surface area (Å²) < 4.78 is 0. The second-order valence-electron chi connectivity index (χ2n) is 6.69. The average Bonchev–Trinajstić information content (AvgIpc) is 2.10. The summed E-state index contributed by atoms with van der Waals surface area (Å²) in [4.78, 5) is 12.4. The number of hydrogen-bond acceptors (Lipinski definition) is 1. The van der Waals surface area contributed by atoms with E-state index in [9.17, 15) is 4.79 Å². The van der Waals surface area contributed by atoms with Crippen molar-refractivity contribution in [3.63, 3.8) is 0 Å². The van der Waals surface area contributed by atoms with Crippen LogP contribution in [-0.2, 0) is 4.79 Å². The van der Waals surface area contributed by atoms with Gasteiger partial charge in [0, 0.05) is 5.57 Å². The van der Waals surface area contributed by atoms with Crippen LogP contribution in [0.1, 0.15) is 41.5 Å². The van der Waals surface area contributed by atoms with Crippen LogP contribution >= 0.6 is 23.2 Å². The summed E-state index contributed by atoms with van der Waals surface area (Å²) in [7, 11) is 0. The van der Waals surface area contributed by atoms with Crippen LogP contribution in [0.2, 0.25) is 0 Å². The molecule has 0 saturated heterocycles. The van der Waals surface area contributed by atoms with E-state index in [-0.39, 0.29) is 21.6 Å². The Labute approximate surface area is 120 Å². The molecule has 0 aromatic heterocycles. The molecule has 0 heterocycles. The van der Waals surface area contributed by atoms with Crippen molar-refractivity contribution in [2.75, 3.05) is 0 Å². The van der Waals surface area contributed by atoms with Gasteiger partial charge in [0.2, 0.25) is 5.78 Å². The van der Waals surface area contributed by atoms with Gasteiger partial charge in [0.05, 0.1) is 10.1 Å². The maximum absolute atomic E-state index is 12.4. The molecule has 0 fully saturated rings. The average molecular weight is 287 g/mol. The van der Waals surface area contributed by atoms with Crippen LogP contribution in [0.15, 0.2) is 33.4 Å². The monoisotopic (exact) mass is 286 g/mol. The summed E-state index contributed by atoms with van der Waals surface area (Å²) in [6.07, 6.45) is 0. The van der Waals surface area contributed by atoms with Gasteiger partial charge >= 0.3 is 0 Å². The van der Waals surface area contributed by atoms with Crippen molar-refractivity contribution in [2.24, 2.45) is 10.8 Å². The van der Waals surface area contributed by atoms with Crippen molar-refractivity contribution in [3.8, 4) is 0 Å². The van der Waals surface area contributed by atoms with Crippen LogP contribution in [0.4, 0.5) is 0 Å². The normalized spacial score (nSPS) is 18.9. The van der Waals surface area contributed by atoms with E-state index in [0.717, 1.165) is 5.57 Å². The molecule has 0 aliphatic heterocycles. The van der Waals surface area contributed by atoms with Crippen LogP contribution in [0.25, 0.3) is 0 Å². The molecular formula is C15H20Cl2O. The van der Waals surface area contributed by atoms with E-state index in [1.807, 2.05) is 41.5 Å². The molecular weight excluding hydrogens is 267 g/mol. The first-order valence-corrected chi connectivity index (χ1v) is 6.69. The minimum Gasteiger partial charge on any atom is -0.288 e. The molecule has 0 N–H and O–H groups in total. The largest absolute Gasteiger partial charge is 0.288 e. The number of hydrogen-bond donors (Lipinski definition) is 0. The quantitative estimate of drug-likeness (QED) is 0.598. The summed E-state index contributed by atoms with van der Waals surface area (Å²) in [6.45, 7) is 15.8. The van der Waals surface area contributed by atoms with Gasteiger partial charge in [-0.2, -0.15) is 0 Å². The fourth-order valence-corrected chi connectivity index (χ4v) is 3.12. The first-order valence-electron chi connectivity index (χ1n) is 5.94. The van der Waals surface area contributed by atoms with Crippen molar-refractivity contribution < 1.29 is 4.79 Å². The number of allylic oxidation sites excluding steroid dienone is 5. The van der Waals surface area contributed by atoms with Gasteiger partial charge in [0.1, 0.15) is 0 Å². The lowest BCUT2D eigenvalue weighted by atomic mass is 9.73. The number of carbonyl (C=O) groups is 1. The van der Waals surface area contributed by atoms with Crippen molar-refractivity contribution in [2.45, 2.75) is 41.5 Å².